The molecule has 0 saturated carbocycles. The second-order valence-electron chi connectivity index (χ2n) is 2.38. The Bertz CT molecular complexity index is 384. The van der Waals surface area contributed by atoms with Crippen molar-refractivity contribution in [3.63, 3.8) is 0 Å². The monoisotopic (exact) mass is 162 g/mol. The number of nitrogens with two attached hydrogens (primary N) is 1. The molecular formula is C9H8NS+. The number of hydrogen-bond donors (Lipinski definition) is 1. The standard InChI is InChI=1S/C9H8NS/c10-9-6-5-7-3-1-2-4-8(7)11-9/h1-6H,10H2/q+1. The lowest BCUT2D eigenvalue weighted by Gasteiger charge is -1.85. The van der Waals surface area contributed by atoms with E-state index in [4.69, 9.17) is 5.73 Å². The minimum atomic E-state index is 0.865. The molecule has 0 radical (unpaired) electrons. The molecule has 1 aromatic carbocycles. The van der Waals surface area contributed by atoms with Gasteiger partial charge < -0.3 is 5.73 Å². The third-order valence-electron chi connectivity index (χ3n) is 1.57. The van der Waals surface area contributed by atoms with Crippen molar-refractivity contribution < 1.29 is 0 Å². The molecule has 0 bridgehead atoms. The van der Waals surface area contributed by atoms with Crippen LogP contribution in [0.15, 0.2) is 36.4 Å². The van der Waals surface area contributed by atoms with Gasteiger partial charge in [-0.25, -0.2) is 0 Å². The number of benzene rings is 1. The molecule has 0 saturated heterocycles. The van der Waals surface area contributed by atoms with Gasteiger partial charge in [-0.05, 0) is 12.1 Å². The summed E-state index contributed by atoms with van der Waals surface area (Å²) in [6.45, 7) is 0. The molecule has 2 heteroatoms. The Morgan fingerprint density at radius 1 is 1.00 bits per heavy atom. The summed E-state index contributed by atoms with van der Waals surface area (Å²) in [5.74, 6) is 0. The van der Waals surface area contributed by atoms with Crippen LogP contribution in [0.25, 0.3) is 10.1 Å². The van der Waals surface area contributed by atoms with Gasteiger partial charge in [-0.1, -0.05) is 12.1 Å². The lowest BCUT2D eigenvalue weighted by molar-refractivity contribution is 1.82. The van der Waals surface area contributed by atoms with E-state index in [1.807, 2.05) is 24.3 Å². The summed E-state index contributed by atoms with van der Waals surface area (Å²) in [6.07, 6.45) is 0. The van der Waals surface area contributed by atoms with Gasteiger partial charge in [-0.15, -0.1) is 0 Å². The summed E-state index contributed by atoms with van der Waals surface area (Å²) in [5, 5.41) is 2.12. The molecule has 0 fully saturated rings. The van der Waals surface area contributed by atoms with Crippen molar-refractivity contribution in [2.45, 2.75) is 0 Å². The normalized spacial score (nSPS) is 10.2. The minimum absolute atomic E-state index is 0.865. The maximum absolute atomic E-state index is 5.64. The zero-order valence-corrected chi connectivity index (χ0v) is 6.77. The first-order chi connectivity index (χ1) is 5.36. The van der Waals surface area contributed by atoms with Crippen LogP contribution < -0.4 is 5.73 Å². The molecule has 0 atom stereocenters. The van der Waals surface area contributed by atoms with Crippen LogP contribution in [0, 0.1) is 0 Å². The molecule has 2 N–H and O–H groups in total. The summed E-state index contributed by atoms with van der Waals surface area (Å²) in [5.41, 5.74) is 5.64. The molecule has 1 heterocycles. The zero-order valence-electron chi connectivity index (χ0n) is 5.95. The lowest BCUT2D eigenvalue weighted by Crippen LogP contribution is -1.79. The minimum Gasteiger partial charge on any atom is -0.352 e. The Labute approximate surface area is 69.1 Å². The average Bonchev–Trinajstić information content (AvgIpc) is 2.04. The lowest BCUT2D eigenvalue weighted by atomic mass is 10.2. The first-order valence-electron chi connectivity index (χ1n) is 3.43. The second-order valence-corrected chi connectivity index (χ2v) is 3.49. The largest absolute Gasteiger partial charge is 0.352 e. The maximum atomic E-state index is 5.64. The zero-order chi connectivity index (χ0) is 7.68. The first-order valence-corrected chi connectivity index (χ1v) is 4.25. The van der Waals surface area contributed by atoms with E-state index >= 15 is 0 Å². The van der Waals surface area contributed by atoms with Gasteiger partial charge in [-0.2, -0.15) is 0 Å². The summed E-state index contributed by atoms with van der Waals surface area (Å²) in [4.78, 5) is 0. The highest BCUT2D eigenvalue weighted by atomic mass is 32.1. The van der Waals surface area contributed by atoms with E-state index in [2.05, 4.69) is 12.1 Å². The van der Waals surface area contributed by atoms with Crippen molar-refractivity contribution in [1.82, 2.24) is 0 Å². The van der Waals surface area contributed by atoms with Gasteiger partial charge in [-0.3, -0.25) is 0 Å². The summed E-state index contributed by atoms with van der Waals surface area (Å²) in [6, 6.07) is 12.2. The molecule has 0 aliphatic rings. The third-order valence-corrected chi connectivity index (χ3v) is 2.54. The van der Waals surface area contributed by atoms with Crippen molar-refractivity contribution in [3.8, 4) is 0 Å². The fraction of sp³-hybridized carbons (Fsp3) is 0. The van der Waals surface area contributed by atoms with Crippen LogP contribution in [0.1, 0.15) is 0 Å². The van der Waals surface area contributed by atoms with Crippen LogP contribution in [0.2, 0.25) is 0 Å². The van der Waals surface area contributed by atoms with Crippen molar-refractivity contribution >= 4 is 26.4 Å². The fourth-order valence-corrected chi connectivity index (χ4v) is 1.83. The van der Waals surface area contributed by atoms with Gasteiger partial charge in [0, 0.05) is 17.5 Å². The van der Waals surface area contributed by atoms with Gasteiger partial charge in [0.05, 0.1) is 0 Å². The van der Waals surface area contributed by atoms with Crippen LogP contribution in [0.4, 0.5) is 5.00 Å². The second kappa shape index (κ2) is 2.47. The number of anilines is 1. The predicted octanol–water partition coefficient (Wildman–Crippen LogP) is 2.76. The molecule has 11 heavy (non-hydrogen) atoms. The van der Waals surface area contributed by atoms with E-state index in [0.29, 0.717) is 0 Å². The van der Waals surface area contributed by atoms with Crippen molar-refractivity contribution in [2.24, 2.45) is 0 Å². The third kappa shape index (κ3) is 1.17. The Morgan fingerprint density at radius 2 is 1.82 bits per heavy atom. The summed E-state index contributed by atoms with van der Waals surface area (Å²) in [7, 11) is 0. The molecule has 2 rings (SSSR count). The van der Waals surface area contributed by atoms with E-state index in [9.17, 15) is 0 Å². The molecule has 0 spiro atoms. The van der Waals surface area contributed by atoms with E-state index in [-0.39, 0.29) is 0 Å². The van der Waals surface area contributed by atoms with Crippen LogP contribution >= 0.6 is 11.3 Å². The molecule has 1 aromatic heterocycles. The van der Waals surface area contributed by atoms with Crippen LogP contribution in [0.5, 0.6) is 0 Å². The SMILES string of the molecule is Nc1ccc2ccccc2[s+]1. The van der Waals surface area contributed by atoms with Gasteiger partial charge in [0.25, 0.3) is 5.00 Å². The Balaban J connectivity index is 2.83. The molecule has 0 unspecified atom stereocenters. The topological polar surface area (TPSA) is 26.0 Å². The Morgan fingerprint density at radius 3 is 2.73 bits per heavy atom. The van der Waals surface area contributed by atoms with E-state index < -0.39 is 0 Å². The number of nitrogen functional groups attached to an aromatic ring is 1. The molecule has 0 aliphatic heterocycles. The number of hydrogen-bond acceptors (Lipinski definition) is 1. The van der Waals surface area contributed by atoms with Gasteiger partial charge >= 0.3 is 0 Å². The van der Waals surface area contributed by atoms with Crippen molar-refractivity contribution in [2.75, 3.05) is 5.73 Å². The predicted molar refractivity (Wildman–Crippen MR) is 50.6 cm³/mol. The molecule has 2 aromatic rings. The van der Waals surface area contributed by atoms with E-state index in [1.54, 1.807) is 11.3 Å². The molecule has 54 valence electrons. The van der Waals surface area contributed by atoms with Gasteiger partial charge in [0.2, 0.25) is 16.0 Å². The smallest absolute Gasteiger partial charge is 0.295 e. The molecule has 1 nitrogen and oxygen atoms in total. The highest BCUT2D eigenvalue weighted by Crippen LogP contribution is 2.22. The summed E-state index contributed by atoms with van der Waals surface area (Å²) >= 11 is 1.62. The highest BCUT2D eigenvalue weighted by Gasteiger charge is 2.04. The van der Waals surface area contributed by atoms with Crippen molar-refractivity contribution in [1.29, 1.82) is 0 Å². The van der Waals surface area contributed by atoms with E-state index in [0.717, 1.165) is 5.00 Å². The highest BCUT2D eigenvalue weighted by molar-refractivity contribution is 7.21. The number of rotatable bonds is 0. The van der Waals surface area contributed by atoms with Gasteiger partial charge in [0.1, 0.15) is 0 Å². The number of fused-ring (bicyclic) bond motifs is 1. The van der Waals surface area contributed by atoms with Gasteiger partial charge in [0.15, 0.2) is 0 Å². The Hall–Kier alpha value is -1.15. The molecule has 0 aliphatic carbocycles. The van der Waals surface area contributed by atoms with Crippen molar-refractivity contribution in [3.05, 3.63) is 36.4 Å². The maximum Gasteiger partial charge on any atom is 0.295 e. The Kier molecular flexibility index (Phi) is 1.47. The summed E-state index contributed by atoms with van der Waals surface area (Å²) < 4.78 is 1.24. The quantitative estimate of drug-likeness (QED) is 0.592. The van der Waals surface area contributed by atoms with Crippen LogP contribution in [0.3, 0.4) is 0 Å². The average molecular weight is 162 g/mol. The van der Waals surface area contributed by atoms with E-state index in [1.165, 1.54) is 10.1 Å². The fourth-order valence-electron chi connectivity index (χ4n) is 1.04. The molecule has 0 amide bonds. The van der Waals surface area contributed by atoms with Crippen LogP contribution in [-0.2, 0) is 0 Å². The molecular weight excluding hydrogens is 154 g/mol. The van der Waals surface area contributed by atoms with Crippen LogP contribution in [-0.4, -0.2) is 0 Å². The first kappa shape index (κ1) is 6.55.